The van der Waals surface area contributed by atoms with Crippen LogP contribution in [-0.4, -0.2) is 12.4 Å². The van der Waals surface area contributed by atoms with Gasteiger partial charge in [0, 0.05) is 10.8 Å². The van der Waals surface area contributed by atoms with Gasteiger partial charge < -0.3 is 5.32 Å². The number of rotatable bonds is 5. The lowest BCUT2D eigenvalue weighted by molar-refractivity contribution is 0.839. The molecule has 1 aromatic carbocycles. The normalized spacial score (nSPS) is 10.3. The molecule has 0 fully saturated rings. The molecule has 0 atom stereocenters. The van der Waals surface area contributed by atoms with Gasteiger partial charge in [-0.05, 0) is 30.7 Å². The van der Waals surface area contributed by atoms with Crippen molar-refractivity contribution in [2.24, 2.45) is 0 Å². The summed E-state index contributed by atoms with van der Waals surface area (Å²) in [6.45, 7) is 5.35. The Labute approximate surface area is 84.9 Å². The van der Waals surface area contributed by atoms with E-state index in [1.165, 1.54) is 10.5 Å². The lowest BCUT2D eigenvalue weighted by Crippen LogP contribution is -2.10. The summed E-state index contributed by atoms with van der Waals surface area (Å²) in [4.78, 5) is 1.35. The molecular formula is C11H17NS. The molecule has 0 unspecified atom stereocenters. The highest BCUT2D eigenvalue weighted by molar-refractivity contribution is 7.99. The Hall–Kier alpha value is -0.470. The second kappa shape index (κ2) is 6.06. The van der Waals surface area contributed by atoms with Crippen molar-refractivity contribution in [3.63, 3.8) is 0 Å². The lowest BCUT2D eigenvalue weighted by atomic mass is 10.2. The lowest BCUT2D eigenvalue weighted by Gasteiger charge is -2.02. The van der Waals surface area contributed by atoms with E-state index in [1.807, 2.05) is 11.8 Å². The van der Waals surface area contributed by atoms with Gasteiger partial charge in [-0.2, -0.15) is 0 Å². The van der Waals surface area contributed by atoms with Crippen LogP contribution in [0.1, 0.15) is 19.4 Å². The van der Waals surface area contributed by atoms with Gasteiger partial charge in [0.05, 0.1) is 0 Å². The predicted molar refractivity (Wildman–Crippen MR) is 60.2 cm³/mol. The number of thioether (sulfide) groups is 1. The number of aryl methyl sites for hydroxylation is 1. The fraction of sp³-hybridized carbons (Fsp3) is 0.455. The minimum Gasteiger partial charge on any atom is -0.308 e. The Kier molecular flexibility index (Phi) is 4.94. The van der Waals surface area contributed by atoms with Crippen molar-refractivity contribution in [3.05, 3.63) is 29.8 Å². The van der Waals surface area contributed by atoms with E-state index >= 15 is 0 Å². The molecule has 0 aliphatic heterocycles. The standard InChI is InChI=1S/C11H17NS/c1-3-10-5-7-11(8-6-10)13-9-12-4-2/h5-8,12H,3-4,9H2,1-2H3. The number of hydrogen-bond donors (Lipinski definition) is 1. The Morgan fingerprint density at radius 2 is 1.85 bits per heavy atom. The van der Waals surface area contributed by atoms with E-state index in [0.29, 0.717) is 0 Å². The highest BCUT2D eigenvalue weighted by Gasteiger charge is 1.92. The zero-order chi connectivity index (χ0) is 9.52. The van der Waals surface area contributed by atoms with Crippen molar-refractivity contribution >= 4 is 11.8 Å². The van der Waals surface area contributed by atoms with Crippen LogP contribution in [0.4, 0.5) is 0 Å². The van der Waals surface area contributed by atoms with Crippen LogP contribution in [-0.2, 0) is 6.42 Å². The van der Waals surface area contributed by atoms with E-state index in [-0.39, 0.29) is 0 Å². The first-order valence-electron chi connectivity index (χ1n) is 4.79. The quantitative estimate of drug-likeness (QED) is 0.440. The third-order valence-corrected chi connectivity index (χ3v) is 2.88. The fourth-order valence-corrected chi connectivity index (χ4v) is 1.86. The van der Waals surface area contributed by atoms with Crippen LogP contribution in [0.3, 0.4) is 0 Å². The molecule has 0 heterocycles. The van der Waals surface area contributed by atoms with Gasteiger partial charge in [0.15, 0.2) is 0 Å². The van der Waals surface area contributed by atoms with Gasteiger partial charge in [0.25, 0.3) is 0 Å². The molecular weight excluding hydrogens is 178 g/mol. The summed E-state index contributed by atoms with van der Waals surface area (Å²) in [5, 5.41) is 3.29. The van der Waals surface area contributed by atoms with E-state index < -0.39 is 0 Å². The monoisotopic (exact) mass is 195 g/mol. The van der Waals surface area contributed by atoms with Crippen molar-refractivity contribution in [1.29, 1.82) is 0 Å². The molecule has 1 nitrogen and oxygen atoms in total. The molecule has 1 aromatic rings. The maximum Gasteiger partial charge on any atom is 0.0465 e. The van der Waals surface area contributed by atoms with Gasteiger partial charge in [-0.25, -0.2) is 0 Å². The Bertz CT molecular complexity index is 230. The maximum absolute atomic E-state index is 3.29. The SMILES string of the molecule is CCNCSc1ccc(CC)cc1. The number of benzene rings is 1. The van der Waals surface area contributed by atoms with Crippen LogP contribution in [0.15, 0.2) is 29.2 Å². The molecule has 2 heteroatoms. The highest BCUT2D eigenvalue weighted by Crippen LogP contribution is 2.17. The van der Waals surface area contributed by atoms with Crippen molar-refractivity contribution in [3.8, 4) is 0 Å². The molecule has 0 amide bonds. The van der Waals surface area contributed by atoms with Crippen LogP contribution in [0, 0.1) is 0 Å². The van der Waals surface area contributed by atoms with Gasteiger partial charge in [-0.1, -0.05) is 26.0 Å². The summed E-state index contributed by atoms with van der Waals surface area (Å²) in [6, 6.07) is 8.80. The Morgan fingerprint density at radius 1 is 1.15 bits per heavy atom. The summed E-state index contributed by atoms with van der Waals surface area (Å²) in [6.07, 6.45) is 1.12. The van der Waals surface area contributed by atoms with Crippen LogP contribution in [0.5, 0.6) is 0 Å². The predicted octanol–water partition coefficient (Wildman–Crippen LogP) is 2.91. The molecule has 0 saturated carbocycles. The maximum atomic E-state index is 3.29. The average Bonchev–Trinajstić information content (AvgIpc) is 2.19. The molecule has 0 saturated heterocycles. The van der Waals surface area contributed by atoms with E-state index in [9.17, 15) is 0 Å². The Balaban J connectivity index is 2.40. The highest BCUT2D eigenvalue weighted by atomic mass is 32.2. The van der Waals surface area contributed by atoms with E-state index in [1.54, 1.807) is 0 Å². The molecule has 0 radical (unpaired) electrons. The molecule has 72 valence electrons. The summed E-state index contributed by atoms with van der Waals surface area (Å²) < 4.78 is 0. The number of nitrogens with one attached hydrogen (secondary N) is 1. The smallest absolute Gasteiger partial charge is 0.0465 e. The van der Waals surface area contributed by atoms with Crippen molar-refractivity contribution in [1.82, 2.24) is 5.32 Å². The summed E-state index contributed by atoms with van der Waals surface area (Å²) >= 11 is 1.85. The van der Waals surface area contributed by atoms with E-state index in [0.717, 1.165) is 18.8 Å². The second-order valence-corrected chi connectivity index (χ2v) is 3.94. The van der Waals surface area contributed by atoms with Gasteiger partial charge in [0.2, 0.25) is 0 Å². The molecule has 0 aliphatic rings. The molecule has 1 rings (SSSR count). The first kappa shape index (κ1) is 10.6. The molecule has 0 aromatic heterocycles. The van der Waals surface area contributed by atoms with Gasteiger partial charge in [0.1, 0.15) is 0 Å². The topological polar surface area (TPSA) is 12.0 Å². The van der Waals surface area contributed by atoms with Crippen LogP contribution in [0.25, 0.3) is 0 Å². The second-order valence-electron chi connectivity index (χ2n) is 2.89. The Morgan fingerprint density at radius 3 is 2.38 bits per heavy atom. The number of hydrogen-bond acceptors (Lipinski definition) is 2. The summed E-state index contributed by atoms with van der Waals surface area (Å²) in [7, 11) is 0. The largest absolute Gasteiger partial charge is 0.308 e. The minimum atomic E-state index is 1.00. The van der Waals surface area contributed by atoms with Crippen LogP contribution in [0.2, 0.25) is 0 Å². The van der Waals surface area contributed by atoms with Gasteiger partial charge in [-0.3, -0.25) is 0 Å². The zero-order valence-electron chi connectivity index (χ0n) is 8.34. The summed E-state index contributed by atoms with van der Waals surface area (Å²) in [5.74, 6) is 1.00. The molecule has 1 N–H and O–H groups in total. The van der Waals surface area contributed by atoms with Gasteiger partial charge in [-0.15, -0.1) is 11.8 Å². The molecule has 0 bridgehead atoms. The van der Waals surface area contributed by atoms with Crippen molar-refractivity contribution in [2.75, 3.05) is 12.4 Å². The van der Waals surface area contributed by atoms with E-state index in [2.05, 4.69) is 43.4 Å². The third-order valence-electron chi connectivity index (χ3n) is 1.92. The first-order valence-corrected chi connectivity index (χ1v) is 5.77. The minimum absolute atomic E-state index is 1.00. The molecule has 13 heavy (non-hydrogen) atoms. The van der Waals surface area contributed by atoms with Crippen LogP contribution >= 0.6 is 11.8 Å². The third kappa shape index (κ3) is 3.83. The summed E-state index contributed by atoms with van der Waals surface area (Å²) in [5.41, 5.74) is 1.41. The molecule has 0 spiro atoms. The van der Waals surface area contributed by atoms with Crippen LogP contribution < -0.4 is 5.32 Å². The van der Waals surface area contributed by atoms with E-state index in [4.69, 9.17) is 0 Å². The average molecular weight is 195 g/mol. The van der Waals surface area contributed by atoms with Crippen molar-refractivity contribution < 1.29 is 0 Å². The molecule has 0 aliphatic carbocycles. The zero-order valence-corrected chi connectivity index (χ0v) is 9.16. The van der Waals surface area contributed by atoms with Crippen molar-refractivity contribution in [2.45, 2.75) is 25.2 Å². The fourth-order valence-electron chi connectivity index (χ4n) is 1.06. The van der Waals surface area contributed by atoms with Gasteiger partial charge >= 0.3 is 0 Å². The first-order chi connectivity index (χ1) is 6.36.